The van der Waals surface area contributed by atoms with Gasteiger partial charge in [-0.1, -0.05) is 13.0 Å². The van der Waals surface area contributed by atoms with E-state index in [4.69, 9.17) is 0 Å². The Morgan fingerprint density at radius 1 is 1.45 bits per heavy atom. The summed E-state index contributed by atoms with van der Waals surface area (Å²) < 4.78 is 39.5. The number of allylic oxidation sites excluding steroid dienone is 1. The maximum Gasteiger partial charge on any atom is 0.399 e. The predicted molar refractivity (Wildman–Crippen MR) is 82.1 cm³/mol. The third kappa shape index (κ3) is 3.55. The van der Waals surface area contributed by atoms with Crippen LogP contribution in [0.4, 0.5) is 24.5 Å². The lowest BCUT2D eigenvalue weighted by Gasteiger charge is -2.27. The van der Waals surface area contributed by atoms with E-state index in [0.29, 0.717) is 5.69 Å². The number of benzene rings is 1. The van der Waals surface area contributed by atoms with Crippen LogP contribution in [0.3, 0.4) is 0 Å². The van der Waals surface area contributed by atoms with Crippen LogP contribution in [0.25, 0.3) is 0 Å². The Balaban J connectivity index is 2.32. The second kappa shape index (κ2) is 6.34. The van der Waals surface area contributed by atoms with E-state index in [2.05, 4.69) is 17.2 Å². The summed E-state index contributed by atoms with van der Waals surface area (Å²) in [6.07, 6.45) is -0.317. The molecule has 0 amide bonds. The highest BCUT2D eigenvalue weighted by Crippen LogP contribution is 2.43. The quantitative estimate of drug-likeness (QED) is 0.676. The van der Waals surface area contributed by atoms with Crippen molar-refractivity contribution >= 4 is 11.4 Å². The van der Waals surface area contributed by atoms with Crippen LogP contribution in [-0.4, -0.2) is 17.3 Å². The van der Waals surface area contributed by atoms with E-state index in [1.165, 1.54) is 6.07 Å². The van der Waals surface area contributed by atoms with Gasteiger partial charge < -0.3 is 15.7 Å². The zero-order valence-electron chi connectivity index (χ0n) is 12.2. The maximum absolute atomic E-state index is 13.2. The standard InChI is InChI=1S/C16H19F3N2O/c1-3-5-10(4-2)20-11-6-7-14-12(8-11)13(16(17,18)19)9-15(22)21-14/h3,6-10,13,20-22H,1,4-5H2,2H3. The second-order valence-corrected chi connectivity index (χ2v) is 5.27. The van der Waals surface area contributed by atoms with Gasteiger partial charge in [0.05, 0.1) is 0 Å². The van der Waals surface area contributed by atoms with Crippen molar-refractivity contribution < 1.29 is 18.3 Å². The highest BCUT2D eigenvalue weighted by Gasteiger charge is 2.42. The molecule has 0 aliphatic carbocycles. The Morgan fingerprint density at radius 3 is 2.77 bits per heavy atom. The highest BCUT2D eigenvalue weighted by atomic mass is 19.4. The summed E-state index contributed by atoms with van der Waals surface area (Å²) in [5, 5.41) is 15.2. The van der Waals surface area contributed by atoms with Crippen LogP contribution in [0.2, 0.25) is 0 Å². The van der Waals surface area contributed by atoms with Gasteiger partial charge in [-0.25, -0.2) is 0 Å². The van der Waals surface area contributed by atoms with Gasteiger partial charge in [0.25, 0.3) is 0 Å². The number of halogens is 3. The Hall–Kier alpha value is -2.11. The van der Waals surface area contributed by atoms with Gasteiger partial charge in [-0.05, 0) is 42.7 Å². The van der Waals surface area contributed by atoms with E-state index in [-0.39, 0.29) is 17.3 Å². The lowest BCUT2D eigenvalue weighted by Crippen LogP contribution is -2.25. The number of hydrogen-bond donors (Lipinski definition) is 3. The van der Waals surface area contributed by atoms with Gasteiger partial charge >= 0.3 is 6.18 Å². The van der Waals surface area contributed by atoms with Crippen molar-refractivity contribution in [2.45, 2.75) is 37.9 Å². The molecule has 1 aliphatic rings. The topological polar surface area (TPSA) is 44.3 Å². The molecule has 22 heavy (non-hydrogen) atoms. The lowest BCUT2D eigenvalue weighted by atomic mass is 9.93. The molecule has 1 aromatic rings. The lowest BCUT2D eigenvalue weighted by molar-refractivity contribution is -0.140. The Bertz CT molecular complexity index is 581. The Kier molecular flexibility index (Phi) is 4.68. The first-order chi connectivity index (χ1) is 10.3. The maximum atomic E-state index is 13.2. The minimum Gasteiger partial charge on any atom is -0.495 e. The number of fused-ring (bicyclic) bond motifs is 1. The number of anilines is 2. The van der Waals surface area contributed by atoms with Crippen LogP contribution < -0.4 is 10.6 Å². The van der Waals surface area contributed by atoms with Crippen molar-refractivity contribution in [2.75, 3.05) is 10.6 Å². The second-order valence-electron chi connectivity index (χ2n) is 5.27. The van der Waals surface area contributed by atoms with Crippen molar-refractivity contribution in [1.29, 1.82) is 0 Å². The fourth-order valence-electron chi connectivity index (χ4n) is 2.49. The molecule has 1 aromatic carbocycles. The molecular formula is C16H19F3N2O. The zero-order valence-corrected chi connectivity index (χ0v) is 12.2. The highest BCUT2D eigenvalue weighted by molar-refractivity contribution is 5.65. The minimum atomic E-state index is -4.45. The smallest absolute Gasteiger partial charge is 0.399 e. The van der Waals surface area contributed by atoms with Crippen LogP contribution in [0.1, 0.15) is 31.2 Å². The summed E-state index contributed by atoms with van der Waals surface area (Å²) in [4.78, 5) is 0. The molecule has 0 radical (unpaired) electrons. The molecule has 0 spiro atoms. The molecule has 0 saturated carbocycles. The first-order valence-electron chi connectivity index (χ1n) is 7.11. The van der Waals surface area contributed by atoms with E-state index in [0.717, 1.165) is 18.9 Å². The van der Waals surface area contributed by atoms with Gasteiger partial charge in [-0.3, -0.25) is 0 Å². The molecule has 6 heteroatoms. The Labute approximate surface area is 127 Å². The van der Waals surface area contributed by atoms with Gasteiger partial charge in [0.15, 0.2) is 5.88 Å². The van der Waals surface area contributed by atoms with Crippen molar-refractivity contribution in [1.82, 2.24) is 0 Å². The number of hydrogen-bond acceptors (Lipinski definition) is 3. The van der Waals surface area contributed by atoms with E-state index in [1.807, 2.05) is 6.92 Å². The van der Waals surface area contributed by atoms with Crippen molar-refractivity contribution in [2.24, 2.45) is 0 Å². The zero-order chi connectivity index (χ0) is 16.3. The Morgan fingerprint density at radius 2 is 2.18 bits per heavy atom. The van der Waals surface area contributed by atoms with Crippen LogP contribution in [0.15, 0.2) is 42.8 Å². The summed E-state index contributed by atoms with van der Waals surface area (Å²) in [5.74, 6) is -2.29. The molecule has 2 atom stereocenters. The van der Waals surface area contributed by atoms with Gasteiger partial charge in [-0.2, -0.15) is 13.2 Å². The average molecular weight is 312 g/mol. The van der Waals surface area contributed by atoms with Crippen LogP contribution in [0, 0.1) is 0 Å². The summed E-state index contributed by atoms with van der Waals surface area (Å²) >= 11 is 0. The number of alkyl halides is 3. The molecule has 1 aliphatic heterocycles. The van der Waals surface area contributed by atoms with Crippen LogP contribution in [0.5, 0.6) is 0 Å². The first kappa shape index (κ1) is 16.3. The molecule has 0 fully saturated rings. The van der Waals surface area contributed by atoms with Gasteiger partial charge in [0, 0.05) is 17.4 Å². The van der Waals surface area contributed by atoms with Gasteiger partial charge in [0.1, 0.15) is 5.92 Å². The van der Waals surface area contributed by atoms with E-state index < -0.39 is 18.0 Å². The molecule has 2 unspecified atom stereocenters. The fraction of sp³-hybridized carbons (Fsp3) is 0.375. The number of aliphatic hydroxyl groups excluding tert-OH is 1. The van der Waals surface area contributed by atoms with E-state index in [1.54, 1.807) is 18.2 Å². The molecular weight excluding hydrogens is 293 g/mol. The normalized spacial score (nSPS) is 18.7. The summed E-state index contributed by atoms with van der Waals surface area (Å²) in [6.45, 7) is 5.68. The van der Waals surface area contributed by atoms with Crippen molar-refractivity contribution in [3.63, 3.8) is 0 Å². The van der Waals surface area contributed by atoms with Gasteiger partial charge in [-0.15, -0.1) is 6.58 Å². The van der Waals surface area contributed by atoms with Crippen molar-refractivity contribution in [3.05, 3.63) is 48.4 Å². The molecule has 0 aromatic heterocycles. The summed E-state index contributed by atoms with van der Waals surface area (Å²) in [6, 6.07) is 4.85. The van der Waals surface area contributed by atoms with Gasteiger partial charge in [0.2, 0.25) is 0 Å². The minimum absolute atomic E-state index is 0.101. The molecule has 120 valence electrons. The largest absolute Gasteiger partial charge is 0.495 e. The first-order valence-corrected chi connectivity index (χ1v) is 7.11. The average Bonchev–Trinajstić information content (AvgIpc) is 2.45. The number of nitrogens with one attached hydrogen (secondary N) is 2. The van der Waals surface area contributed by atoms with Crippen molar-refractivity contribution in [3.8, 4) is 0 Å². The monoisotopic (exact) mass is 312 g/mol. The number of aliphatic hydroxyl groups is 1. The van der Waals surface area contributed by atoms with E-state index in [9.17, 15) is 18.3 Å². The molecule has 0 saturated heterocycles. The third-order valence-corrected chi connectivity index (χ3v) is 3.64. The SMILES string of the molecule is C=CCC(CC)Nc1ccc2c(c1)C(C(F)(F)F)C=C(O)N2. The predicted octanol–water partition coefficient (Wildman–Crippen LogP) is 4.92. The summed E-state index contributed by atoms with van der Waals surface area (Å²) in [5.41, 5.74) is 0.992. The van der Waals surface area contributed by atoms with Crippen LogP contribution >= 0.6 is 0 Å². The molecule has 2 rings (SSSR count). The molecule has 3 N–H and O–H groups in total. The number of rotatable bonds is 5. The molecule has 0 bridgehead atoms. The third-order valence-electron chi connectivity index (χ3n) is 3.64. The summed E-state index contributed by atoms with van der Waals surface area (Å²) in [7, 11) is 0. The van der Waals surface area contributed by atoms with Crippen LogP contribution in [-0.2, 0) is 0 Å². The molecule has 3 nitrogen and oxygen atoms in total. The fourth-order valence-corrected chi connectivity index (χ4v) is 2.49. The molecule has 1 heterocycles. The van der Waals surface area contributed by atoms with E-state index >= 15 is 0 Å².